The second-order valence-electron chi connectivity index (χ2n) is 8.31. The molecule has 1 heterocycles. The van der Waals surface area contributed by atoms with E-state index >= 15 is 0 Å². The van der Waals surface area contributed by atoms with Crippen molar-refractivity contribution in [2.24, 2.45) is 0 Å². The van der Waals surface area contributed by atoms with Gasteiger partial charge in [-0.15, -0.1) is 0 Å². The fraction of sp³-hybridized carbons (Fsp3) is 0.417. The summed E-state index contributed by atoms with van der Waals surface area (Å²) in [4.78, 5) is 27.1. The Morgan fingerprint density at radius 1 is 1.03 bits per heavy atom. The van der Waals surface area contributed by atoms with Crippen LogP contribution in [-0.2, 0) is 19.6 Å². The lowest BCUT2D eigenvalue weighted by atomic mass is 9.97. The van der Waals surface area contributed by atoms with Gasteiger partial charge in [0, 0.05) is 12.1 Å². The van der Waals surface area contributed by atoms with Crippen LogP contribution in [0.3, 0.4) is 0 Å². The number of amides is 1. The van der Waals surface area contributed by atoms with Gasteiger partial charge in [0.1, 0.15) is 10.5 Å². The lowest BCUT2D eigenvalue weighted by Crippen LogP contribution is -2.49. The smallest absolute Gasteiger partial charge is 0.342 e. The molecule has 1 amide bonds. The summed E-state index contributed by atoms with van der Waals surface area (Å²) in [6.07, 6.45) is 2.89. The molecule has 2 atom stereocenters. The summed E-state index contributed by atoms with van der Waals surface area (Å²) in [6, 6.07) is 11.1. The monoisotopic (exact) mass is 459 g/mol. The summed E-state index contributed by atoms with van der Waals surface area (Å²) in [6.45, 7) is 7.01. The minimum atomic E-state index is -4.17. The molecule has 172 valence electrons. The van der Waals surface area contributed by atoms with E-state index < -0.39 is 22.7 Å². The van der Waals surface area contributed by atoms with Crippen molar-refractivity contribution < 1.29 is 26.9 Å². The van der Waals surface area contributed by atoms with E-state index in [1.54, 1.807) is 43.0 Å². The van der Waals surface area contributed by atoms with Crippen LogP contribution in [0.2, 0.25) is 0 Å². The van der Waals surface area contributed by atoms with Gasteiger partial charge in [-0.2, -0.15) is 8.42 Å². The summed E-state index contributed by atoms with van der Waals surface area (Å²) < 4.78 is 36.3. The highest BCUT2D eigenvalue weighted by Crippen LogP contribution is 2.26. The number of hydrogen-bond donors (Lipinski definition) is 0. The standard InChI is InChI=1S/C24H29NO6S/c1-16-12-13-17(2)22(14-16)32(28,29)31-21-11-6-5-10-20(21)24(27)30-15-23(26)25-18(3)8-7-9-19(25)4/h5-6,10-14,18-19H,7-9,15H2,1-4H3/t18-,19-/m1/s1. The topological polar surface area (TPSA) is 90.0 Å². The molecular formula is C24H29NO6S. The van der Waals surface area contributed by atoms with E-state index in [2.05, 4.69) is 0 Å². The Balaban J connectivity index is 1.75. The van der Waals surface area contributed by atoms with Crippen molar-refractivity contribution in [3.05, 3.63) is 59.2 Å². The van der Waals surface area contributed by atoms with Crippen LogP contribution in [0.1, 0.15) is 54.6 Å². The van der Waals surface area contributed by atoms with Crippen LogP contribution in [0, 0.1) is 13.8 Å². The molecule has 0 N–H and O–H groups in total. The number of aryl methyl sites for hydroxylation is 2. The van der Waals surface area contributed by atoms with Crippen molar-refractivity contribution in [3.63, 3.8) is 0 Å². The summed E-state index contributed by atoms with van der Waals surface area (Å²) in [5.74, 6) is -1.23. The van der Waals surface area contributed by atoms with Crippen molar-refractivity contribution in [1.82, 2.24) is 4.90 Å². The lowest BCUT2D eigenvalue weighted by Gasteiger charge is -2.38. The number of benzene rings is 2. The molecule has 1 fully saturated rings. The molecule has 0 spiro atoms. The highest BCUT2D eigenvalue weighted by Gasteiger charge is 2.30. The van der Waals surface area contributed by atoms with Gasteiger partial charge in [0.15, 0.2) is 12.4 Å². The van der Waals surface area contributed by atoms with Gasteiger partial charge in [-0.05, 0) is 76.3 Å². The number of likely N-dealkylation sites (tertiary alicyclic amines) is 1. The van der Waals surface area contributed by atoms with Gasteiger partial charge >= 0.3 is 16.1 Å². The number of hydrogen-bond acceptors (Lipinski definition) is 6. The van der Waals surface area contributed by atoms with Crippen LogP contribution in [0.15, 0.2) is 47.4 Å². The molecule has 32 heavy (non-hydrogen) atoms. The van der Waals surface area contributed by atoms with Gasteiger partial charge in [0.25, 0.3) is 5.91 Å². The quantitative estimate of drug-likeness (QED) is 0.479. The Bertz CT molecular complexity index is 1100. The molecule has 0 unspecified atom stereocenters. The minimum Gasteiger partial charge on any atom is -0.452 e. The molecule has 0 aliphatic carbocycles. The number of esters is 1. The maximum Gasteiger partial charge on any atom is 0.342 e. The zero-order valence-corrected chi connectivity index (χ0v) is 19.6. The lowest BCUT2D eigenvalue weighted by molar-refractivity contribution is -0.140. The molecule has 0 radical (unpaired) electrons. The van der Waals surface area contributed by atoms with Crippen LogP contribution in [0.25, 0.3) is 0 Å². The zero-order valence-electron chi connectivity index (χ0n) is 18.8. The molecule has 0 aromatic heterocycles. The largest absolute Gasteiger partial charge is 0.452 e. The number of carbonyl (C=O) groups is 2. The Morgan fingerprint density at radius 3 is 2.38 bits per heavy atom. The first-order valence-corrected chi connectivity index (χ1v) is 12.1. The number of nitrogens with zero attached hydrogens (tertiary/aromatic N) is 1. The fourth-order valence-corrected chi connectivity index (χ4v) is 5.30. The first-order valence-electron chi connectivity index (χ1n) is 10.7. The number of ether oxygens (including phenoxy) is 1. The SMILES string of the molecule is Cc1ccc(C)c(S(=O)(=O)Oc2ccccc2C(=O)OCC(=O)N2[C@H](C)CCC[C@H]2C)c1. The van der Waals surface area contributed by atoms with Gasteiger partial charge in [0.05, 0.1) is 0 Å². The van der Waals surface area contributed by atoms with Gasteiger partial charge in [-0.25, -0.2) is 4.79 Å². The third-order valence-electron chi connectivity index (χ3n) is 5.73. The van der Waals surface area contributed by atoms with E-state index in [9.17, 15) is 18.0 Å². The van der Waals surface area contributed by atoms with Crippen LogP contribution >= 0.6 is 0 Å². The molecule has 2 aromatic carbocycles. The van der Waals surface area contributed by atoms with E-state index in [1.807, 2.05) is 13.8 Å². The van der Waals surface area contributed by atoms with Gasteiger partial charge in [-0.3, -0.25) is 4.79 Å². The predicted molar refractivity (Wildman–Crippen MR) is 120 cm³/mol. The molecule has 8 heteroatoms. The number of piperidine rings is 1. The van der Waals surface area contributed by atoms with Gasteiger partial charge in [0.2, 0.25) is 0 Å². The van der Waals surface area contributed by atoms with Gasteiger partial charge < -0.3 is 13.8 Å². The van der Waals surface area contributed by atoms with E-state index in [0.29, 0.717) is 5.56 Å². The maximum atomic E-state index is 12.9. The normalized spacial score (nSPS) is 18.8. The summed E-state index contributed by atoms with van der Waals surface area (Å²) in [7, 11) is -4.17. The van der Waals surface area contributed by atoms with E-state index in [-0.39, 0.29) is 34.2 Å². The maximum absolute atomic E-state index is 12.9. The van der Waals surface area contributed by atoms with Crippen molar-refractivity contribution in [3.8, 4) is 5.75 Å². The highest BCUT2D eigenvalue weighted by molar-refractivity contribution is 7.87. The molecule has 0 bridgehead atoms. The van der Waals surface area contributed by atoms with Crippen molar-refractivity contribution >= 4 is 22.0 Å². The average Bonchev–Trinajstić information content (AvgIpc) is 2.73. The number of rotatable bonds is 6. The van der Waals surface area contributed by atoms with Crippen LogP contribution in [0.5, 0.6) is 5.75 Å². The van der Waals surface area contributed by atoms with Crippen LogP contribution in [-0.4, -0.2) is 43.9 Å². The number of para-hydroxylation sites is 1. The third-order valence-corrected chi connectivity index (χ3v) is 7.11. The molecule has 2 aromatic rings. The third kappa shape index (κ3) is 5.30. The second-order valence-corrected chi connectivity index (χ2v) is 9.82. The van der Waals surface area contributed by atoms with E-state index in [0.717, 1.165) is 24.8 Å². The average molecular weight is 460 g/mol. The second kappa shape index (κ2) is 9.73. The van der Waals surface area contributed by atoms with Crippen molar-refractivity contribution in [2.75, 3.05) is 6.61 Å². The molecule has 7 nitrogen and oxygen atoms in total. The van der Waals surface area contributed by atoms with Crippen LogP contribution in [0.4, 0.5) is 0 Å². The molecule has 1 aliphatic rings. The first kappa shape index (κ1) is 23.8. The predicted octanol–water partition coefficient (Wildman–Crippen LogP) is 4.02. The Labute approximate surface area is 189 Å². The van der Waals surface area contributed by atoms with Gasteiger partial charge in [-0.1, -0.05) is 24.3 Å². The Morgan fingerprint density at radius 2 is 1.69 bits per heavy atom. The fourth-order valence-electron chi connectivity index (χ4n) is 4.04. The Kier molecular flexibility index (Phi) is 7.23. The number of carbonyl (C=O) groups excluding carboxylic acids is 2. The molecular weight excluding hydrogens is 430 g/mol. The minimum absolute atomic E-state index is 0.0314. The molecule has 0 saturated carbocycles. The molecule has 3 rings (SSSR count). The summed E-state index contributed by atoms with van der Waals surface area (Å²) in [5.41, 5.74) is 1.24. The Hall–Kier alpha value is -2.87. The van der Waals surface area contributed by atoms with Crippen molar-refractivity contribution in [1.29, 1.82) is 0 Å². The zero-order chi connectivity index (χ0) is 23.5. The highest BCUT2D eigenvalue weighted by atomic mass is 32.2. The molecule has 1 aliphatic heterocycles. The van der Waals surface area contributed by atoms with E-state index in [4.69, 9.17) is 8.92 Å². The molecule has 1 saturated heterocycles. The summed E-state index contributed by atoms with van der Waals surface area (Å²) >= 11 is 0. The summed E-state index contributed by atoms with van der Waals surface area (Å²) in [5, 5.41) is 0. The van der Waals surface area contributed by atoms with Crippen LogP contribution < -0.4 is 4.18 Å². The van der Waals surface area contributed by atoms with E-state index in [1.165, 1.54) is 18.2 Å². The van der Waals surface area contributed by atoms with Crippen molar-refractivity contribution in [2.45, 2.75) is 63.9 Å². The first-order chi connectivity index (χ1) is 15.1.